The molecule has 0 saturated heterocycles. The van der Waals surface area contributed by atoms with Crippen molar-refractivity contribution in [2.45, 2.75) is 0 Å². The van der Waals surface area contributed by atoms with Gasteiger partial charge in [0.2, 0.25) is 11.6 Å². The van der Waals surface area contributed by atoms with Gasteiger partial charge in [-0.3, -0.25) is 4.98 Å². The lowest BCUT2D eigenvalue weighted by molar-refractivity contribution is 0.0696. The minimum Gasteiger partial charge on any atom is -0.478 e. The minimum atomic E-state index is -1.26. The number of aromatic carboxylic acids is 2. The lowest BCUT2D eigenvalue weighted by Crippen LogP contribution is -2.05. The van der Waals surface area contributed by atoms with E-state index in [1.165, 1.54) is 12.1 Å². The van der Waals surface area contributed by atoms with Crippen LogP contribution in [-0.4, -0.2) is 47.5 Å². The second kappa shape index (κ2) is 6.16. The molecule has 0 saturated carbocycles. The summed E-state index contributed by atoms with van der Waals surface area (Å²) in [4.78, 5) is 26.2. The quantitative estimate of drug-likeness (QED) is 0.728. The predicted octanol–water partition coefficient (Wildman–Crippen LogP) is 1.39. The van der Waals surface area contributed by atoms with Crippen LogP contribution >= 0.6 is 0 Å². The van der Waals surface area contributed by atoms with Gasteiger partial charge in [-0.25, -0.2) is 9.59 Å². The number of pyridine rings is 1. The van der Waals surface area contributed by atoms with Gasteiger partial charge in [0.1, 0.15) is 0 Å². The molecule has 2 aromatic heterocycles. The third-order valence-corrected chi connectivity index (χ3v) is 3.08. The van der Waals surface area contributed by atoms with Crippen LogP contribution < -0.4 is 0 Å². The van der Waals surface area contributed by atoms with Crippen molar-refractivity contribution in [3.63, 3.8) is 0 Å². The zero-order chi connectivity index (χ0) is 17.1. The van der Waals surface area contributed by atoms with Crippen molar-refractivity contribution < 1.29 is 19.8 Å². The molecule has 1 aromatic carbocycles. The van der Waals surface area contributed by atoms with E-state index in [0.717, 1.165) is 6.07 Å². The summed E-state index contributed by atoms with van der Waals surface area (Å²) in [6.07, 6.45) is 3.15. The number of benzene rings is 1. The Bertz CT molecular complexity index is 881. The highest BCUT2D eigenvalue weighted by Crippen LogP contribution is 2.19. The van der Waals surface area contributed by atoms with E-state index in [1.807, 2.05) is 0 Å². The summed E-state index contributed by atoms with van der Waals surface area (Å²) in [5.41, 5.74) is 0.439. The fourth-order valence-electron chi connectivity index (χ4n) is 1.96. The SMILES string of the molecule is O=C(O)c1cc(C(=O)O)cc(-c2nnc(-c3cccnc3)nn2)c1. The van der Waals surface area contributed by atoms with Crippen LogP contribution in [0.1, 0.15) is 20.7 Å². The molecule has 0 aliphatic heterocycles. The maximum absolute atomic E-state index is 11.1. The molecule has 3 rings (SSSR count). The first-order chi connectivity index (χ1) is 11.5. The van der Waals surface area contributed by atoms with Crippen LogP contribution in [0.15, 0.2) is 42.7 Å². The Hall–Kier alpha value is -3.75. The van der Waals surface area contributed by atoms with Gasteiger partial charge in [-0.05, 0) is 30.3 Å². The van der Waals surface area contributed by atoms with Crippen LogP contribution in [0, 0.1) is 0 Å². The number of nitrogens with zero attached hydrogens (tertiary/aromatic N) is 5. The summed E-state index contributed by atoms with van der Waals surface area (Å²) in [7, 11) is 0. The number of aromatic nitrogens is 5. The molecule has 24 heavy (non-hydrogen) atoms. The molecule has 0 atom stereocenters. The molecule has 0 spiro atoms. The lowest BCUT2D eigenvalue weighted by atomic mass is 10.1. The Morgan fingerprint density at radius 2 is 1.33 bits per heavy atom. The van der Waals surface area contributed by atoms with Crippen molar-refractivity contribution in [3.8, 4) is 22.8 Å². The zero-order valence-electron chi connectivity index (χ0n) is 12.0. The molecule has 2 heterocycles. The number of carboxylic acids is 2. The smallest absolute Gasteiger partial charge is 0.335 e. The van der Waals surface area contributed by atoms with E-state index in [1.54, 1.807) is 24.5 Å². The molecule has 0 amide bonds. The molecule has 0 bridgehead atoms. The van der Waals surface area contributed by atoms with Crippen LogP contribution in [-0.2, 0) is 0 Å². The maximum Gasteiger partial charge on any atom is 0.335 e. The van der Waals surface area contributed by atoms with Crippen molar-refractivity contribution in [1.82, 2.24) is 25.4 Å². The lowest BCUT2D eigenvalue weighted by Gasteiger charge is -2.04. The first-order valence-electron chi connectivity index (χ1n) is 6.64. The molecule has 0 unspecified atom stereocenters. The predicted molar refractivity (Wildman–Crippen MR) is 80.2 cm³/mol. The van der Waals surface area contributed by atoms with Gasteiger partial charge in [-0.15, -0.1) is 20.4 Å². The molecule has 2 N–H and O–H groups in total. The van der Waals surface area contributed by atoms with Crippen molar-refractivity contribution in [2.75, 3.05) is 0 Å². The summed E-state index contributed by atoms with van der Waals surface area (Å²) < 4.78 is 0. The standard InChI is InChI=1S/C15H9N5O4/c21-14(22)10-4-9(5-11(6-10)15(23)24)13-19-17-12(18-20-13)8-2-1-3-16-7-8/h1-7H,(H,21,22)(H,23,24). The van der Waals surface area contributed by atoms with E-state index in [0.29, 0.717) is 5.56 Å². The summed E-state index contributed by atoms with van der Waals surface area (Å²) in [6, 6.07) is 7.02. The van der Waals surface area contributed by atoms with Crippen molar-refractivity contribution in [2.24, 2.45) is 0 Å². The molecular weight excluding hydrogens is 314 g/mol. The summed E-state index contributed by atoms with van der Waals surface area (Å²) in [5, 5.41) is 33.8. The second-order valence-corrected chi connectivity index (χ2v) is 4.70. The van der Waals surface area contributed by atoms with E-state index >= 15 is 0 Å². The van der Waals surface area contributed by atoms with Gasteiger partial charge < -0.3 is 10.2 Å². The van der Waals surface area contributed by atoms with Gasteiger partial charge in [0.25, 0.3) is 0 Å². The highest BCUT2D eigenvalue weighted by atomic mass is 16.4. The number of carbonyl (C=O) groups is 2. The molecule has 9 nitrogen and oxygen atoms in total. The molecule has 3 aromatic rings. The molecule has 118 valence electrons. The largest absolute Gasteiger partial charge is 0.478 e. The molecule has 0 aliphatic carbocycles. The highest BCUT2D eigenvalue weighted by Gasteiger charge is 2.15. The molecular formula is C15H9N5O4. The van der Waals surface area contributed by atoms with Crippen molar-refractivity contribution in [1.29, 1.82) is 0 Å². The number of carboxylic acid groups (broad SMARTS) is 2. The number of hydrogen-bond acceptors (Lipinski definition) is 7. The fourth-order valence-corrected chi connectivity index (χ4v) is 1.96. The maximum atomic E-state index is 11.1. The average molecular weight is 323 g/mol. The van der Waals surface area contributed by atoms with Gasteiger partial charge in [0.15, 0.2) is 0 Å². The summed E-state index contributed by atoms with van der Waals surface area (Å²) in [6.45, 7) is 0. The monoisotopic (exact) mass is 323 g/mol. The van der Waals surface area contributed by atoms with Crippen LogP contribution in [0.2, 0.25) is 0 Å². The zero-order valence-corrected chi connectivity index (χ0v) is 12.0. The van der Waals surface area contributed by atoms with Crippen molar-refractivity contribution >= 4 is 11.9 Å². The van der Waals surface area contributed by atoms with Crippen LogP contribution in [0.25, 0.3) is 22.8 Å². The van der Waals surface area contributed by atoms with Crippen LogP contribution in [0.4, 0.5) is 0 Å². The Kier molecular flexibility index (Phi) is 3.89. The first kappa shape index (κ1) is 15.2. The second-order valence-electron chi connectivity index (χ2n) is 4.70. The molecule has 0 aliphatic rings. The average Bonchev–Trinajstić information content (AvgIpc) is 2.62. The molecule has 0 radical (unpaired) electrons. The fraction of sp³-hybridized carbons (Fsp3) is 0. The van der Waals surface area contributed by atoms with Crippen molar-refractivity contribution in [3.05, 3.63) is 53.9 Å². The van der Waals surface area contributed by atoms with Gasteiger partial charge in [0.05, 0.1) is 11.1 Å². The Labute approximate surface area is 134 Å². The Balaban J connectivity index is 2.03. The summed E-state index contributed by atoms with van der Waals surface area (Å²) in [5.74, 6) is -2.24. The third-order valence-electron chi connectivity index (χ3n) is 3.08. The van der Waals surface area contributed by atoms with E-state index in [9.17, 15) is 9.59 Å². The molecule has 0 fully saturated rings. The Morgan fingerprint density at radius 1 is 0.792 bits per heavy atom. The highest BCUT2D eigenvalue weighted by molar-refractivity contribution is 5.95. The van der Waals surface area contributed by atoms with Gasteiger partial charge in [-0.1, -0.05) is 0 Å². The first-order valence-corrected chi connectivity index (χ1v) is 6.64. The summed E-state index contributed by atoms with van der Waals surface area (Å²) >= 11 is 0. The minimum absolute atomic E-state index is 0.0215. The van der Waals surface area contributed by atoms with E-state index in [4.69, 9.17) is 10.2 Å². The van der Waals surface area contributed by atoms with Crippen LogP contribution in [0.3, 0.4) is 0 Å². The normalized spacial score (nSPS) is 10.3. The van der Waals surface area contributed by atoms with Gasteiger partial charge in [0, 0.05) is 23.5 Å². The number of hydrogen-bond donors (Lipinski definition) is 2. The van der Waals surface area contributed by atoms with Crippen LogP contribution in [0.5, 0.6) is 0 Å². The van der Waals surface area contributed by atoms with E-state index in [-0.39, 0.29) is 28.3 Å². The van der Waals surface area contributed by atoms with E-state index in [2.05, 4.69) is 25.4 Å². The Morgan fingerprint density at radius 3 is 1.79 bits per heavy atom. The van der Waals surface area contributed by atoms with Gasteiger partial charge >= 0.3 is 11.9 Å². The topological polar surface area (TPSA) is 139 Å². The van der Waals surface area contributed by atoms with E-state index < -0.39 is 11.9 Å². The molecule has 9 heteroatoms. The number of rotatable bonds is 4. The third kappa shape index (κ3) is 3.04. The van der Waals surface area contributed by atoms with Gasteiger partial charge in [-0.2, -0.15) is 0 Å².